The summed E-state index contributed by atoms with van der Waals surface area (Å²) in [7, 11) is -3.83. The number of halogens is 1. The average Bonchev–Trinajstić information content (AvgIpc) is 2.78. The maximum atomic E-state index is 12.9. The molecular weight excluding hydrogens is 444 g/mol. The van der Waals surface area contributed by atoms with E-state index in [0.717, 1.165) is 5.56 Å². The molecule has 2 aromatic rings. The number of hydrogen-bond acceptors (Lipinski definition) is 6. The molecule has 31 heavy (non-hydrogen) atoms. The van der Waals surface area contributed by atoms with Crippen LogP contribution in [0.25, 0.3) is 0 Å². The van der Waals surface area contributed by atoms with E-state index < -0.39 is 28.5 Å². The number of nitrogens with zero attached hydrogens (tertiary/aromatic N) is 1. The first kappa shape index (κ1) is 23.2. The zero-order valence-corrected chi connectivity index (χ0v) is 18.3. The van der Waals surface area contributed by atoms with Gasteiger partial charge in [0.25, 0.3) is 5.91 Å². The number of sulfonamides is 1. The van der Waals surface area contributed by atoms with Crippen LogP contribution in [0.2, 0.25) is 5.02 Å². The van der Waals surface area contributed by atoms with Crippen LogP contribution < -0.4 is 5.32 Å². The maximum Gasteiger partial charge on any atom is 0.306 e. The van der Waals surface area contributed by atoms with Gasteiger partial charge >= 0.3 is 5.97 Å². The number of nitrogens with one attached hydrogen (secondary N) is 1. The fourth-order valence-corrected chi connectivity index (χ4v) is 4.92. The van der Waals surface area contributed by atoms with Crippen molar-refractivity contribution in [3.8, 4) is 0 Å². The van der Waals surface area contributed by atoms with Gasteiger partial charge in [0, 0.05) is 25.2 Å². The van der Waals surface area contributed by atoms with Crippen LogP contribution in [-0.4, -0.2) is 57.5 Å². The first-order valence-electron chi connectivity index (χ1n) is 9.73. The van der Waals surface area contributed by atoms with Crippen molar-refractivity contribution in [2.45, 2.75) is 17.7 Å². The van der Waals surface area contributed by atoms with Crippen LogP contribution in [0.5, 0.6) is 0 Å². The number of esters is 1. The minimum atomic E-state index is -3.83. The number of carbonyl (C=O) groups is 2. The zero-order chi connectivity index (χ0) is 22.3. The number of amides is 1. The minimum absolute atomic E-state index is 0.0526. The van der Waals surface area contributed by atoms with Gasteiger partial charge in [-0.25, -0.2) is 8.42 Å². The van der Waals surface area contributed by atoms with Crippen LogP contribution in [0.3, 0.4) is 0 Å². The molecule has 1 N–H and O–H groups in total. The molecule has 8 nitrogen and oxygen atoms in total. The van der Waals surface area contributed by atoms with Crippen molar-refractivity contribution in [2.75, 3.05) is 38.2 Å². The first-order chi connectivity index (χ1) is 14.9. The molecule has 0 bridgehead atoms. The summed E-state index contributed by atoms with van der Waals surface area (Å²) in [5, 5.41) is 2.58. The van der Waals surface area contributed by atoms with Gasteiger partial charge in [0.1, 0.15) is 4.90 Å². The highest BCUT2D eigenvalue weighted by Crippen LogP contribution is 2.28. The average molecular weight is 467 g/mol. The van der Waals surface area contributed by atoms with E-state index in [1.807, 2.05) is 30.3 Å². The molecular formula is C21H23ClN2O6S. The lowest BCUT2D eigenvalue weighted by Gasteiger charge is -2.26. The van der Waals surface area contributed by atoms with Gasteiger partial charge in [0.05, 0.1) is 18.2 Å². The van der Waals surface area contributed by atoms with Crippen LogP contribution in [0.1, 0.15) is 12.0 Å². The molecule has 0 aromatic heterocycles. The van der Waals surface area contributed by atoms with Gasteiger partial charge in [-0.15, -0.1) is 0 Å². The summed E-state index contributed by atoms with van der Waals surface area (Å²) in [4.78, 5) is 23.9. The second-order valence-corrected chi connectivity index (χ2v) is 9.17. The molecule has 3 rings (SSSR count). The minimum Gasteiger partial charge on any atom is -0.456 e. The number of hydrogen-bond donors (Lipinski definition) is 1. The van der Waals surface area contributed by atoms with Crippen LogP contribution in [0, 0.1) is 0 Å². The van der Waals surface area contributed by atoms with Crippen LogP contribution in [0.15, 0.2) is 53.4 Å². The number of carbonyl (C=O) groups excluding carboxylic acids is 2. The van der Waals surface area contributed by atoms with E-state index in [-0.39, 0.29) is 35.1 Å². The second-order valence-electron chi connectivity index (χ2n) is 6.86. The fourth-order valence-electron chi connectivity index (χ4n) is 3.01. The third-order valence-electron chi connectivity index (χ3n) is 4.63. The number of anilines is 1. The molecule has 10 heteroatoms. The molecule has 0 atom stereocenters. The Kier molecular flexibility index (Phi) is 8.03. The molecule has 0 radical (unpaired) electrons. The molecule has 0 aliphatic carbocycles. The lowest BCUT2D eigenvalue weighted by Crippen LogP contribution is -2.40. The van der Waals surface area contributed by atoms with Crippen molar-refractivity contribution in [3.05, 3.63) is 59.1 Å². The van der Waals surface area contributed by atoms with Gasteiger partial charge in [0.15, 0.2) is 6.61 Å². The summed E-state index contributed by atoms with van der Waals surface area (Å²) in [6.07, 6.45) is 0.668. The van der Waals surface area contributed by atoms with E-state index in [4.69, 9.17) is 21.1 Å². The smallest absolute Gasteiger partial charge is 0.306 e. The van der Waals surface area contributed by atoms with E-state index in [1.165, 1.54) is 22.5 Å². The van der Waals surface area contributed by atoms with Crippen molar-refractivity contribution >= 4 is 39.2 Å². The third kappa shape index (κ3) is 6.51. The Labute approximate surface area is 186 Å². The highest BCUT2D eigenvalue weighted by atomic mass is 35.5. The van der Waals surface area contributed by atoms with E-state index >= 15 is 0 Å². The Morgan fingerprint density at radius 1 is 1.10 bits per heavy atom. The lowest BCUT2D eigenvalue weighted by molar-refractivity contribution is -0.147. The van der Waals surface area contributed by atoms with Gasteiger partial charge in [-0.2, -0.15) is 4.31 Å². The van der Waals surface area contributed by atoms with Crippen molar-refractivity contribution < 1.29 is 27.5 Å². The standard InChI is InChI=1S/C21H23ClN2O6S/c22-18-8-7-17(14-19(18)31(27,28)24-10-12-29-13-11-24)23-20(25)15-30-21(26)9-6-16-4-2-1-3-5-16/h1-5,7-8,14H,6,9-13,15H2,(H,23,25). The van der Waals surface area contributed by atoms with Crippen LogP contribution in [0.4, 0.5) is 5.69 Å². The Bertz CT molecular complexity index is 1020. The molecule has 0 saturated carbocycles. The largest absolute Gasteiger partial charge is 0.456 e. The molecule has 1 aliphatic rings. The van der Waals surface area contributed by atoms with E-state index in [2.05, 4.69) is 5.32 Å². The van der Waals surface area contributed by atoms with Crippen LogP contribution in [-0.2, 0) is 35.5 Å². The fraction of sp³-hybridized carbons (Fsp3) is 0.333. The molecule has 0 spiro atoms. The Morgan fingerprint density at radius 2 is 1.81 bits per heavy atom. The van der Waals surface area contributed by atoms with Crippen molar-refractivity contribution in [2.24, 2.45) is 0 Å². The molecule has 1 heterocycles. The maximum absolute atomic E-state index is 12.9. The van der Waals surface area contributed by atoms with Crippen LogP contribution >= 0.6 is 11.6 Å². The summed E-state index contributed by atoms with van der Waals surface area (Å²) < 4.78 is 37.2. The normalized spacial score (nSPS) is 14.7. The molecule has 166 valence electrons. The SMILES string of the molecule is O=C(COC(=O)CCc1ccccc1)Nc1ccc(Cl)c(S(=O)(=O)N2CCOCC2)c1. The quantitative estimate of drug-likeness (QED) is 0.599. The molecule has 1 saturated heterocycles. The molecule has 1 aliphatic heterocycles. The predicted octanol–water partition coefficient (Wildman–Crippen LogP) is 2.48. The lowest BCUT2D eigenvalue weighted by atomic mass is 10.1. The van der Waals surface area contributed by atoms with Crippen molar-refractivity contribution in [1.82, 2.24) is 4.31 Å². The number of ether oxygens (including phenoxy) is 2. The number of aryl methyl sites for hydroxylation is 1. The van der Waals surface area contributed by atoms with Gasteiger partial charge in [-0.1, -0.05) is 41.9 Å². The molecule has 1 fully saturated rings. The van der Waals surface area contributed by atoms with E-state index in [0.29, 0.717) is 19.6 Å². The topological polar surface area (TPSA) is 102 Å². The van der Waals surface area contributed by atoms with Gasteiger partial charge in [0.2, 0.25) is 10.0 Å². The highest BCUT2D eigenvalue weighted by Gasteiger charge is 2.28. The van der Waals surface area contributed by atoms with Gasteiger partial charge < -0.3 is 14.8 Å². The van der Waals surface area contributed by atoms with E-state index in [9.17, 15) is 18.0 Å². The number of benzene rings is 2. The highest BCUT2D eigenvalue weighted by molar-refractivity contribution is 7.89. The summed E-state index contributed by atoms with van der Waals surface area (Å²) in [6, 6.07) is 13.6. The monoisotopic (exact) mass is 466 g/mol. The Balaban J connectivity index is 1.55. The summed E-state index contributed by atoms with van der Waals surface area (Å²) in [5.74, 6) is -1.07. The zero-order valence-electron chi connectivity index (χ0n) is 16.8. The van der Waals surface area contributed by atoms with Crippen molar-refractivity contribution in [3.63, 3.8) is 0 Å². The molecule has 1 amide bonds. The second kappa shape index (κ2) is 10.7. The third-order valence-corrected chi connectivity index (χ3v) is 7.01. The Hall–Kier alpha value is -2.46. The van der Waals surface area contributed by atoms with Gasteiger partial charge in [-0.3, -0.25) is 9.59 Å². The van der Waals surface area contributed by atoms with E-state index in [1.54, 1.807) is 0 Å². The van der Waals surface area contributed by atoms with Gasteiger partial charge in [-0.05, 0) is 30.2 Å². The molecule has 0 unspecified atom stereocenters. The number of morpholine rings is 1. The predicted molar refractivity (Wildman–Crippen MR) is 115 cm³/mol. The first-order valence-corrected chi connectivity index (χ1v) is 11.5. The van der Waals surface area contributed by atoms with Crippen molar-refractivity contribution in [1.29, 1.82) is 0 Å². The summed E-state index contributed by atoms with van der Waals surface area (Å²) in [5.41, 5.74) is 1.24. The molecule has 2 aromatic carbocycles. The summed E-state index contributed by atoms with van der Waals surface area (Å²) in [6.45, 7) is 0.607. The Morgan fingerprint density at radius 3 is 2.52 bits per heavy atom. The summed E-state index contributed by atoms with van der Waals surface area (Å²) >= 11 is 6.11. The number of rotatable bonds is 8.